The molecule has 2 heterocycles. The first kappa shape index (κ1) is 18.2. The summed E-state index contributed by atoms with van der Waals surface area (Å²) in [5, 5.41) is 0. The van der Waals surface area contributed by atoms with E-state index in [1.54, 1.807) is 18.2 Å². The second-order valence-electron chi connectivity index (χ2n) is 4.80. The third-order valence-electron chi connectivity index (χ3n) is 2.97. The number of hydrogen-bond donors (Lipinski definition) is 0. The van der Waals surface area contributed by atoms with Crippen molar-refractivity contribution in [2.45, 2.75) is 26.2 Å². The van der Waals surface area contributed by atoms with E-state index in [1.165, 1.54) is 16.7 Å². The minimum absolute atomic E-state index is 0.158. The summed E-state index contributed by atoms with van der Waals surface area (Å²) < 4.78 is 11.5. The van der Waals surface area contributed by atoms with Gasteiger partial charge in [0.2, 0.25) is 0 Å². The van der Waals surface area contributed by atoms with Gasteiger partial charge in [-0.15, -0.1) is 0 Å². The van der Waals surface area contributed by atoms with Crippen molar-refractivity contribution in [2.75, 3.05) is 13.2 Å². The molecule has 0 saturated carbocycles. The van der Waals surface area contributed by atoms with Crippen LogP contribution in [0.1, 0.15) is 31.9 Å². The van der Waals surface area contributed by atoms with Crippen LogP contribution in [0.25, 0.3) is 6.08 Å². The minimum atomic E-state index is -0.242. The molecule has 0 N–H and O–H groups in total. The van der Waals surface area contributed by atoms with Crippen LogP contribution >= 0.6 is 39.9 Å². The summed E-state index contributed by atoms with van der Waals surface area (Å²) in [4.78, 5) is 25.8. The van der Waals surface area contributed by atoms with E-state index >= 15 is 0 Å². The molecule has 0 spiro atoms. The van der Waals surface area contributed by atoms with Crippen LogP contribution in [0.15, 0.2) is 26.1 Å². The topological polar surface area (TPSA) is 59.8 Å². The highest BCUT2D eigenvalue weighted by molar-refractivity contribution is 9.10. The number of esters is 1. The van der Waals surface area contributed by atoms with Gasteiger partial charge in [-0.3, -0.25) is 14.5 Å². The van der Waals surface area contributed by atoms with Crippen LogP contribution in [-0.4, -0.2) is 34.2 Å². The van der Waals surface area contributed by atoms with E-state index in [1.807, 2.05) is 6.92 Å². The molecule has 8 heteroatoms. The van der Waals surface area contributed by atoms with Crippen molar-refractivity contribution >= 4 is 62.2 Å². The molecule has 0 bridgehead atoms. The van der Waals surface area contributed by atoms with E-state index in [9.17, 15) is 9.59 Å². The zero-order valence-electron chi connectivity index (χ0n) is 12.5. The predicted octanol–water partition coefficient (Wildman–Crippen LogP) is 3.98. The van der Waals surface area contributed by atoms with Gasteiger partial charge in [-0.1, -0.05) is 30.9 Å². The van der Waals surface area contributed by atoms with E-state index in [0.29, 0.717) is 39.2 Å². The molecule has 2 rings (SSSR count). The SMILES string of the molecule is CCCOC(=O)CCCN1C(=O)/C(=C\c2ccc(Br)o2)SC1=S. The molecule has 1 saturated heterocycles. The Bertz CT molecular complexity index is 641. The lowest BCUT2D eigenvalue weighted by Gasteiger charge is -2.13. The number of furan rings is 1. The van der Waals surface area contributed by atoms with Gasteiger partial charge < -0.3 is 9.15 Å². The normalized spacial score (nSPS) is 16.4. The van der Waals surface area contributed by atoms with Crippen LogP contribution in [0.2, 0.25) is 0 Å². The molecule has 1 aliphatic rings. The quantitative estimate of drug-likeness (QED) is 0.379. The fourth-order valence-corrected chi connectivity index (χ4v) is 3.51. The Labute approximate surface area is 152 Å². The zero-order valence-corrected chi connectivity index (χ0v) is 15.8. The van der Waals surface area contributed by atoms with Crippen LogP contribution in [0, 0.1) is 0 Å². The average Bonchev–Trinajstić information content (AvgIpc) is 3.03. The molecule has 0 radical (unpaired) electrons. The number of hydrogen-bond acceptors (Lipinski definition) is 6. The summed E-state index contributed by atoms with van der Waals surface area (Å²) in [6.45, 7) is 2.78. The van der Waals surface area contributed by atoms with Gasteiger partial charge in [0.15, 0.2) is 4.67 Å². The standard InChI is InChI=1S/C15H16BrNO4S2/c1-2-8-20-13(18)4-3-7-17-14(19)11(23-15(17)22)9-10-5-6-12(16)21-10/h5-6,9H,2-4,7-8H2,1H3/b11-9+. The summed E-state index contributed by atoms with van der Waals surface area (Å²) in [5.74, 6) is 0.184. The number of thiocarbonyl (C=S) groups is 1. The third kappa shape index (κ3) is 5.19. The fraction of sp³-hybridized carbons (Fsp3) is 0.400. The molecular formula is C15H16BrNO4S2. The monoisotopic (exact) mass is 417 g/mol. The predicted molar refractivity (Wildman–Crippen MR) is 96.8 cm³/mol. The van der Waals surface area contributed by atoms with Gasteiger partial charge in [-0.05, 0) is 40.9 Å². The molecule has 124 valence electrons. The Balaban J connectivity index is 1.89. The second kappa shape index (κ2) is 8.65. The average molecular weight is 418 g/mol. The summed E-state index contributed by atoms with van der Waals surface area (Å²) in [6.07, 6.45) is 3.27. The number of carbonyl (C=O) groups is 2. The first-order valence-corrected chi connectivity index (χ1v) is 9.19. The Morgan fingerprint density at radius 2 is 2.30 bits per heavy atom. The molecule has 0 aliphatic carbocycles. The molecule has 1 aromatic heterocycles. The lowest BCUT2D eigenvalue weighted by Crippen LogP contribution is -2.29. The number of nitrogens with zero attached hydrogens (tertiary/aromatic N) is 1. The van der Waals surface area contributed by atoms with Gasteiger partial charge in [-0.25, -0.2) is 0 Å². The van der Waals surface area contributed by atoms with E-state index in [2.05, 4.69) is 15.9 Å². The lowest BCUT2D eigenvalue weighted by atomic mass is 10.3. The van der Waals surface area contributed by atoms with Gasteiger partial charge in [0.05, 0.1) is 11.5 Å². The number of carbonyl (C=O) groups excluding carboxylic acids is 2. The number of thioether (sulfide) groups is 1. The van der Waals surface area contributed by atoms with Gasteiger partial charge in [0.1, 0.15) is 10.1 Å². The first-order valence-electron chi connectivity index (χ1n) is 7.17. The summed E-state index contributed by atoms with van der Waals surface area (Å²) in [5.41, 5.74) is 0. The third-order valence-corrected chi connectivity index (χ3v) is 4.77. The molecule has 0 atom stereocenters. The van der Waals surface area contributed by atoms with Crippen LogP contribution in [0.4, 0.5) is 0 Å². The highest BCUT2D eigenvalue weighted by Crippen LogP contribution is 2.33. The summed E-state index contributed by atoms with van der Waals surface area (Å²) in [7, 11) is 0. The molecule has 0 unspecified atom stereocenters. The van der Waals surface area contributed by atoms with Crippen molar-refractivity contribution < 1.29 is 18.7 Å². The maximum atomic E-state index is 12.4. The smallest absolute Gasteiger partial charge is 0.305 e. The van der Waals surface area contributed by atoms with E-state index in [4.69, 9.17) is 21.4 Å². The Morgan fingerprint density at radius 1 is 1.52 bits per heavy atom. The lowest BCUT2D eigenvalue weighted by molar-refractivity contribution is -0.144. The molecule has 1 fully saturated rings. The van der Waals surface area contributed by atoms with Crippen molar-refractivity contribution in [1.82, 2.24) is 4.90 Å². The van der Waals surface area contributed by atoms with E-state index in [-0.39, 0.29) is 18.3 Å². The number of ether oxygens (including phenoxy) is 1. The number of amides is 1. The molecular weight excluding hydrogens is 402 g/mol. The highest BCUT2D eigenvalue weighted by atomic mass is 79.9. The Hall–Kier alpha value is -1.12. The zero-order chi connectivity index (χ0) is 16.8. The minimum Gasteiger partial charge on any atom is -0.466 e. The molecule has 1 amide bonds. The second-order valence-corrected chi connectivity index (χ2v) is 7.26. The molecule has 0 aromatic carbocycles. The van der Waals surface area contributed by atoms with Gasteiger partial charge in [0.25, 0.3) is 5.91 Å². The van der Waals surface area contributed by atoms with Gasteiger partial charge in [0, 0.05) is 19.0 Å². The van der Waals surface area contributed by atoms with Crippen molar-refractivity contribution in [2.24, 2.45) is 0 Å². The van der Waals surface area contributed by atoms with Crippen molar-refractivity contribution in [3.05, 3.63) is 27.5 Å². The summed E-state index contributed by atoms with van der Waals surface area (Å²) >= 11 is 9.69. The molecule has 1 aromatic rings. The van der Waals surface area contributed by atoms with Crippen LogP contribution in [-0.2, 0) is 14.3 Å². The van der Waals surface area contributed by atoms with Gasteiger partial charge >= 0.3 is 5.97 Å². The molecule has 5 nitrogen and oxygen atoms in total. The molecule has 1 aliphatic heterocycles. The van der Waals surface area contributed by atoms with Gasteiger partial charge in [-0.2, -0.15) is 0 Å². The maximum absolute atomic E-state index is 12.4. The number of halogens is 1. The van der Waals surface area contributed by atoms with Crippen LogP contribution < -0.4 is 0 Å². The fourth-order valence-electron chi connectivity index (χ4n) is 1.90. The highest BCUT2D eigenvalue weighted by Gasteiger charge is 2.31. The largest absolute Gasteiger partial charge is 0.466 e. The van der Waals surface area contributed by atoms with E-state index in [0.717, 1.165) is 6.42 Å². The maximum Gasteiger partial charge on any atom is 0.305 e. The Morgan fingerprint density at radius 3 is 2.96 bits per heavy atom. The summed E-state index contributed by atoms with van der Waals surface area (Å²) in [6, 6.07) is 3.52. The molecule has 23 heavy (non-hydrogen) atoms. The van der Waals surface area contributed by atoms with E-state index < -0.39 is 0 Å². The first-order chi connectivity index (χ1) is 11.0. The van der Waals surface area contributed by atoms with Crippen LogP contribution in [0.3, 0.4) is 0 Å². The van der Waals surface area contributed by atoms with Crippen molar-refractivity contribution in [1.29, 1.82) is 0 Å². The van der Waals surface area contributed by atoms with Crippen LogP contribution in [0.5, 0.6) is 0 Å². The van der Waals surface area contributed by atoms with Crippen molar-refractivity contribution in [3.63, 3.8) is 0 Å². The Kier molecular flexibility index (Phi) is 6.86. The number of rotatable bonds is 7. The van der Waals surface area contributed by atoms with Crippen molar-refractivity contribution in [3.8, 4) is 0 Å².